The molecule has 0 bridgehead atoms. The maximum Gasteiger partial charge on any atom is 0.272 e. The summed E-state index contributed by atoms with van der Waals surface area (Å²) in [6, 6.07) is 0. The number of hydrogen-bond acceptors (Lipinski definition) is 3. The highest BCUT2D eigenvalue weighted by Gasteiger charge is 2.48. The summed E-state index contributed by atoms with van der Waals surface area (Å²) in [6.07, 6.45) is -0.154. The third kappa shape index (κ3) is 3.43. The predicted molar refractivity (Wildman–Crippen MR) is 75.7 cm³/mol. The molecule has 0 amide bonds. The Morgan fingerprint density at radius 1 is 1.30 bits per heavy atom. The number of piperidine rings is 1. The van der Waals surface area contributed by atoms with E-state index in [4.69, 9.17) is 4.74 Å². The Kier molecular flexibility index (Phi) is 4.28. The predicted octanol–water partition coefficient (Wildman–Crippen LogP) is 2.94. The van der Waals surface area contributed by atoms with Crippen LogP contribution in [0, 0.1) is 5.41 Å². The van der Waals surface area contributed by atoms with Gasteiger partial charge in [0.15, 0.2) is 12.5 Å². The number of nitrogens with zero attached hydrogens (tertiary/aromatic N) is 2. The Hall–Kier alpha value is -0.840. The fourth-order valence-electron chi connectivity index (χ4n) is 3.17. The first-order chi connectivity index (χ1) is 9.22. The van der Waals surface area contributed by atoms with E-state index >= 15 is 0 Å². The second kappa shape index (κ2) is 5.51. The van der Waals surface area contributed by atoms with Crippen LogP contribution in [-0.2, 0) is 4.74 Å². The average Bonchev–Trinajstić information content (AvgIpc) is 2.31. The molecule has 0 aliphatic carbocycles. The van der Waals surface area contributed by atoms with Crippen LogP contribution in [0.25, 0.3) is 0 Å². The smallest absolute Gasteiger partial charge is 0.272 e. The zero-order valence-corrected chi connectivity index (χ0v) is 12.8. The molecule has 0 aromatic carbocycles. The highest BCUT2D eigenvalue weighted by molar-refractivity contribution is 5.05. The number of ether oxygens (including phenoxy) is 1. The maximum absolute atomic E-state index is 12.2. The summed E-state index contributed by atoms with van der Waals surface area (Å²) in [4.78, 5) is 4.51. The average molecular weight is 288 g/mol. The summed E-state index contributed by atoms with van der Waals surface area (Å²) in [6.45, 7) is 13.8. The van der Waals surface area contributed by atoms with E-state index in [1.165, 1.54) is 6.42 Å². The summed E-state index contributed by atoms with van der Waals surface area (Å²) in [7, 11) is 0. The summed E-state index contributed by atoms with van der Waals surface area (Å²) in [5.74, 6) is 0.401. The quantitative estimate of drug-likeness (QED) is 0.740. The van der Waals surface area contributed by atoms with Crippen LogP contribution in [0.5, 0.6) is 0 Å². The molecule has 1 spiro atoms. The number of alkyl halides is 2. The molecule has 2 fully saturated rings. The number of hydrogen-bond donors (Lipinski definition) is 0. The number of rotatable bonds is 4. The van der Waals surface area contributed by atoms with Crippen molar-refractivity contribution in [3.63, 3.8) is 0 Å². The Morgan fingerprint density at radius 3 is 2.50 bits per heavy atom. The molecular weight excluding hydrogens is 262 g/mol. The van der Waals surface area contributed by atoms with Crippen molar-refractivity contribution in [1.82, 2.24) is 9.80 Å². The first kappa shape index (κ1) is 15.5. The molecule has 2 aliphatic rings. The second-order valence-electron chi connectivity index (χ2n) is 7.15. The van der Waals surface area contributed by atoms with Crippen molar-refractivity contribution in [2.75, 3.05) is 32.8 Å². The van der Waals surface area contributed by atoms with Gasteiger partial charge in [-0.1, -0.05) is 0 Å². The van der Waals surface area contributed by atoms with Gasteiger partial charge in [-0.15, -0.1) is 0 Å². The van der Waals surface area contributed by atoms with Gasteiger partial charge in [-0.2, -0.15) is 0 Å². The lowest BCUT2D eigenvalue weighted by Crippen LogP contribution is -2.67. The van der Waals surface area contributed by atoms with Gasteiger partial charge in [0, 0.05) is 37.1 Å². The second-order valence-corrected chi connectivity index (χ2v) is 7.15. The highest BCUT2D eigenvalue weighted by Crippen LogP contribution is 2.42. The lowest BCUT2D eigenvalue weighted by Gasteiger charge is -2.59. The molecule has 2 rings (SSSR count). The van der Waals surface area contributed by atoms with Crippen LogP contribution >= 0.6 is 0 Å². The summed E-state index contributed by atoms with van der Waals surface area (Å²) in [5.41, 5.74) is 0.499. The van der Waals surface area contributed by atoms with E-state index < -0.39 is 13.0 Å². The monoisotopic (exact) mass is 288 g/mol. The van der Waals surface area contributed by atoms with Crippen molar-refractivity contribution >= 4 is 0 Å². The van der Waals surface area contributed by atoms with Crippen molar-refractivity contribution in [2.24, 2.45) is 5.41 Å². The van der Waals surface area contributed by atoms with E-state index in [0.29, 0.717) is 11.3 Å². The summed E-state index contributed by atoms with van der Waals surface area (Å²) >= 11 is 0. The maximum atomic E-state index is 12.2. The van der Waals surface area contributed by atoms with E-state index in [-0.39, 0.29) is 5.54 Å². The van der Waals surface area contributed by atoms with Gasteiger partial charge in [-0.05, 0) is 40.2 Å². The topological polar surface area (TPSA) is 15.7 Å². The van der Waals surface area contributed by atoms with Crippen molar-refractivity contribution in [3.8, 4) is 0 Å². The molecule has 2 aliphatic heterocycles. The molecule has 0 N–H and O–H groups in total. The minimum absolute atomic E-state index is 0.205. The van der Waals surface area contributed by atoms with Crippen LogP contribution in [0.15, 0.2) is 12.5 Å². The Bertz CT molecular complexity index is 359. The molecule has 2 saturated heterocycles. The molecule has 0 aromatic heterocycles. The van der Waals surface area contributed by atoms with Gasteiger partial charge < -0.3 is 9.64 Å². The normalized spacial score (nSPS) is 23.0. The van der Waals surface area contributed by atoms with Crippen molar-refractivity contribution < 1.29 is 13.5 Å². The Balaban J connectivity index is 1.86. The standard InChI is InChI=1S/C15H26F2N2O/c1-12(20-8-13(16)17)18-7-5-6-15(9-18)10-19(11-15)14(2,3)4/h13H,1,5-11H2,2-4H3. The molecule has 0 radical (unpaired) electrons. The van der Waals surface area contributed by atoms with Gasteiger partial charge >= 0.3 is 0 Å². The van der Waals surface area contributed by atoms with Crippen LogP contribution in [0.1, 0.15) is 33.6 Å². The zero-order chi connectivity index (χ0) is 15.0. The number of halogens is 2. The molecule has 0 aromatic rings. The Morgan fingerprint density at radius 2 is 1.95 bits per heavy atom. The zero-order valence-electron chi connectivity index (χ0n) is 12.8. The molecule has 116 valence electrons. The van der Waals surface area contributed by atoms with Crippen LogP contribution in [0.4, 0.5) is 8.78 Å². The fourth-order valence-corrected chi connectivity index (χ4v) is 3.17. The van der Waals surface area contributed by atoms with Crippen LogP contribution < -0.4 is 0 Å². The SMILES string of the molecule is C=C(OCC(F)F)N1CCCC2(C1)CN(C(C)(C)C)C2. The van der Waals surface area contributed by atoms with Crippen molar-refractivity contribution in [3.05, 3.63) is 12.5 Å². The first-order valence-corrected chi connectivity index (χ1v) is 7.32. The summed E-state index contributed by atoms with van der Waals surface area (Å²) in [5, 5.41) is 0. The van der Waals surface area contributed by atoms with Gasteiger partial charge in [0.2, 0.25) is 0 Å². The third-order valence-corrected chi connectivity index (χ3v) is 4.39. The molecule has 2 heterocycles. The van der Waals surface area contributed by atoms with Gasteiger partial charge in [0.05, 0.1) is 0 Å². The van der Waals surface area contributed by atoms with Gasteiger partial charge in [-0.3, -0.25) is 4.90 Å². The molecule has 3 nitrogen and oxygen atoms in total. The Labute approximate surface area is 120 Å². The van der Waals surface area contributed by atoms with Crippen LogP contribution in [0.3, 0.4) is 0 Å². The third-order valence-electron chi connectivity index (χ3n) is 4.39. The van der Waals surface area contributed by atoms with E-state index in [0.717, 1.165) is 32.6 Å². The lowest BCUT2D eigenvalue weighted by molar-refractivity contribution is -0.101. The van der Waals surface area contributed by atoms with E-state index in [9.17, 15) is 8.78 Å². The van der Waals surface area contributed by atoms with Crippen molar-refractivity contribution in [2.45, 2.75) is 45.6 Å². The van der Waals surface area contributed by atoms with E-state index in [2.05, 4.69) is 32.3 Å². The molecule has 0 unspecified atom stereocenters. The van der Waals surface area contributed by atoms with Gasteiger partial charge in [0.1, 0.15) is 0 Å². The molecule has 0 atom stereocenters. The molecular formula is C15H26F2N2O. The molecule has 20 heavy (non-hydrogen) atoms. The first-order valence-electron chi connectivity index (χ1n) is 7.32. The fraction of sp³-hybridized carbons (Fsp3) is 0.867. The largest absolute Gasteiger partial charge is 0.474 e. The van der Waals surface area contributed by atoms with Gasteiger partial charge in [-0.25, -0.2) is 8.78 Å². The molecule has 0 saturated carbocycles. The highest BCUT2D eigenvalue weighted by atomic mass is 19.3. The van der Waals surface area contributed by atoms with E-state index in [1.807, 2.05) is 4.90 Å². The number of likely N-dealkylation sites (tertiary alicyclic amines) is 2. The summed E-state index contributed by atoms with van der Waals surface area (Å²) < 4.78 is 29.4. The lowest BCUT2D eigenvalue weighted by atomic mass is 9.71. The van der Waals surface area contributed by atoms with E-state index in [1.54, 1.807) is 0 Å². The molecule has 5 heteroatoms. The van der Waals surface area contributed by atoms with Crippen LogP contribution in [-0.4, -0.2) is 54.6 Å². The van der Waals surface area contributed by atoms with Crippen LogP contribution in [0.2, 0.25) is 0 Å². The van der Waals surface area contributed by atoms with Gasteiger partial charge in [0.25, 0.3) is 6.43 Å². The minimum atomic E-state index is -2.44. The van der Waals surface area contributed by atoms with Crippen molar-refractivity contribution in [1.29, 1.82) is 0 Å². The minimum Gasteiger partial charge on any atom is -0.474 e.